The van der Waals surface area contributed by atoms with Crippen molar-refractivity contribution in [1.82, 2.24) is 0 Å². The van der Waals surface area contributed by atoms with Crippen molar-refractivity contribution in [2.45, 2.75) is 62.9 Å². The summed E-state index contributed by atoms with van der Waals surface area (Å²) < 4.78 is 65.7. The molecule has 2 aromatic rings. The van der Waals surface area contributed by atoms with Crippen molar-refractivity contribution in [1.29, 1.82) is 0 Å². The average Bonchev–Trinajstić information content (AvgIpc) is 3.66. The molecule has 3 saturated heterocycles. The molecule has 0 N–H and O–H groups in total. The highest BCUT2D eigenvalue weighted by molar-refractivity contribution is 5.79. The van der Waals surface area contributed by atoms with Crippen LogP contribution < -0.4 is 18.9 Å². The van der Waals surface area contributed by atoms with E-state index >= 15 is 0 Å². The van der Waals surface area contributed by atoms with E-state index in [1.54, 1.807) is 28.4 Å². The number of methoxy groups -OCH3 is 4. The van der Waals surface area contributed by atoms with Crippen molar-refractivity contribution in [2.75, 3.05) is 48.4 Å². The van der Waals surface area contributed by atoms with Crippen molar-refractivity contribution in [3.63, 3.8) is 0 Å². The maximum absolute atomic E-state index is 13.6. The highest BCUT2D eigenvalue weighted by atomic mass is 16.8. The summed E-state index contributed by atoms with van der Waals surface area (Å²) in [5, 5.41) is 0. The van der Waals surface area contributed by atoms with Gasteiger partial charge in [0.2, 0.25) is 6.79 Å². The fraction of sp³-hybridized carbons (Fsp3) is 0.594. The molecule has 44 heavy (non-hydrogen) atoms. The van der Waals surface area contributed by atoms with Gasteiger partial charge < -0.3 is 52.1 Å². The molecule has 12 heteroatoms. The third-order valence-electron chi connectivity index (χ3n) is 9.51. The van der Waals surface area contributed by atoms with Gasteiger partial charge in [0, 0.05) is 31.6 Å². The van der Waals surface area contributed by atoms with Gasteiger partial charge in [0.1, 0.15) is 35.9 Å². The maximum Gasteiger partial charge on any atom is 0.310 e. The van der Waals surface area contributed by atoms with E-state index in [4.69, 9.17) is 52.1 Å². The zero-order valence-corrected chi connectivity index (χ0v) is 25.6. The number of carbonyl (C=O) groups is 1. The topological polar surface area (TPSA) is 119 Å². The van der Waals surface area contributed by atoms with Crippen LogP contribution in [0.1, 0.15) is 41.2 Å². The molecule has 7 rings (SSSR count). The number of cyclic esters (lactones) is 1. The van der Waals surface area contributed by atoms with E-state index in [2.05, 4.69) is 0 Å². The Morgan fingerprint density at radius 3 is 2.16 bits per heavy atom. The highest BCUT2D eigenvalue weighted by Gasteiger charge is 2.56. The molecule has 4 heterocycles. The Morgan fingerprint density at radius 1 is 0.818 bits per heavy atom. The van der Waals surface area contributed by atoms with Gasteiger partial charge in [-0.15, -0.1) is 0 Å². The Labute approximate surface area is 255 Å². The standard InChI is InChI=1S/C32H38O12/c1-14-20(34-3)7-16(8-21(14)35-4)25-17-9-22-23(41-13-40-22)10-18(17)27(19-11-39-31(33)26(19)25)44-32-30(37-6)29(36-5)28-24(43-32)12-38-15(2)42-28/h7-10,15,19,24-30,32H,11-13H2,1-6H3/t15-,19+,24-,25-,26+,27-,28-,29+,30-,32?/m1/s1. The fourth-order valence-corrected chi connectivity index (χ4v) is 7.41. The molecular weight excluding hydrogens is 576 g/mol. The van der Waals surface area contributed by atoms with Crippen molar-refractivity contribution in [3.8, 4) is 23.0 Å². The number of ether oxygens (including phenoxy) is 11. The molecule has 12 nitrogen and oxygen atoms in total. The summed E-state index contributed by atoms with van der Waals surface area (Å²) >= 11 is 0. The maximum atomic E-state index is 13.6. The summed E-state index contributed by atoms with van der Waals surface area (Å²) in [5.74, 6) is 0.901. The van der Waals surface area contributed by atoms with Gasteiger partial charge >= 0.3 is 5.97 Å². The molecule has 0 amide bonds. The van der Waals surface area contributed by atoms with Gasteiger partial charge in [-0.1, -0.05) is 0 Å². The monoisotopic (exact) mass is 614 g/mol. The van der Waals surface area contributed by atoms with Gasteiger partial charge in [0.05, 0.1) is 39.5 Å². The number of fused-ring (bicyclic) bond motifs is 4. The number of benzene rings is 2. The first-order valence-electron chi connectivity index (χ1n) is 14.8. The lowest BCUT2D eigenvalue weighted by atomic mass is 9.66. The van der Waals surface area contributed by atoms with Crippen molar-refractivity contribution < 1.29 is 56.9 Å². The van der Waals surface area contributed by atoms with Crippen molar-refractivity contribution >= 4 is 5.97 Å². The quantitative estimate of drug-likeness (QED) is 0.426. The van der Waals surface area contributed by atoms with Crippen LogP contribution in [0.15, 0.2) is 24.3 Å². The first kappa shape index (κ1) is 29.6. The third kappa shape index (κ3) is 4.70. The van der Waals surface area contributed by atoms with Gasteiger partial charge in [-0.25, -0.2) is 0 Å². The largest absolute Gasteiger partial charge is 0.496 e. The Hall–Kier alpha value is -3.13. The van der Waals surface area contributed by atoms with Crippen LogP contribution in [-0.4, -0.2) is 91.4 Å². The Morgan fingerprint density at radius 2 is 1.50 bits per heavy atom. The molecule has 5 aliphatic rings. The van der Waals surface area contributed by atoms with Crippen LogP contribution in [0.5, 0.6) is 23.0 Å². The van der Waals surface area contributed by atoms with E-state index in [-0.39, 0.29) is 25.3 Å². The van der Waals surface area contributed by atoms with Crippen LogP contribution in [-0.2, 0) is 38.0 Å². The summed E-state index contributed by atoms with van der Waals surface area (Å²) in [6.07, 6.45) is -3.81. The number of carbonyl (C=O) groups excluding carboxylic acids is 1. The highest BCUT2D eigenvalue weighted by Crippen LogP contribution is 2.56. The second kappa shape index (κ2) is 11.7. The van der Waals surface area contributed by atoms with E-state index in [1.165, 1.54) is 0 Å². The summed E-state index contributed by atoms with van der Waals surface area (Å²) in [6.45, 7) is 4.36. The normalized spacial score (nSPS) is 35.4. The Balaban J connectivity index is 1.33. The lowest BCUT2D eigenvalue weighted by Crippen LogP contribution is -2.64. The molecule has 1 unspecified atom stereocenters. The average molecular weight is 615 g/mol. The second-order valence-electron chi connectivity index (χ2n) is 11.7. The van der Waals surface area contributed by atoms with E-state index in [1.807, 2.05) is 38.1 Å². The van der Waals surface area contributed by atoms with Gasteiger partial charge in [-0.3, -0.25) is 4.79 Å². The van der Waals surface area contributed by atoms with Crippen LogP contribution in [0.2, 0.25) is 0 Å². The molecule has 2 aromatic carbocycles. The molecule has 0 spiro atoms. The second-order valence-corrected chi connectivity index (χ2v) is 11.7. The molecule has 3 fully saturated rings. The zero-order chi connectivity index (χ0) is 30.7. The number of esters is 1. The summed E-state index contributed by atoms with van der Waals surface area (Å²) in [5.41, 5.74) is 3.42. The molecule has 0 radical (unpaired) electrons. The van der Waals surface area contributed by atoms with Crippen LogP contribution in [0.25, 0.3) is 0 Å². The molecule has 1 aliphatic carbocycles. The first-order valence-corrected chi connectivity index (χ1v) is 14.8. The fourth-order valence-electron chi connectivity index (χ4n) is 7.41. The summed E-state index contributed by atoms with van der Waals surface area (Å²) in [6, 6.07) is 7.79. The lowest BCUT2D eigenvalue weighted by molar-refractivity contribution is -0.369. The third-order valence-corrected chi connectivity index (χ3v) is 9.51. The minimum Gasteiger partial charge on any atom is -0.496 e. The minimum absolute atomic E-state index is 0.101. The molecule has 0 aromatic heterocycles. The van der Waals surface area contributed by atoms with Crippen molar-refractivity contribution in [3.05, 3.63) is 46.5 Å². The predicted octanol–water partition coefficient (Wildman–Crippen LogP) is 3.25. The predicted molar refractivity (Wildman–Crippen MR) is 151 cm³/mol. The zero-order valence-electron chi connectivity index (χ0n) is 25.6. The van der Waals surface area contributed by atoms with Crippen molar-refractivity contribution in [2.24, 2.45) is 11.8 Å². The van der Waals surface area contributed by atoms with Crippen LogP contribution >= 0.6 is 0 Å². The summed E-state index contributed by atoms with van der Waals surface area (Å²) in [7, 11) is 6.44. The van der Waals surface area contributed by atoms with Gasteiger partial charge in [0.25, 0.3) is 0 Å². The van der Waals surface area contributed by atoms with E-state index in [0.717, 1.165) is 22.3 Å². The number of rotatable bonds is 7. The smallest absolute Gasteiger partial charge is 0.310 e. The molecular formula is C32H38O12. The molecule has 238 valence electrons. The SMILES string of the molecule is COc1cc([C@@H]2c3cc4c(cc3[C@@H](OC3O[C@@H]5CO[C@@H](C)O[C@H]5[C@H](OC)[C@H]3OC)[C@H]3COC(=O)[C@H]23)OCO4)cc(OC)c1C. The summed E-state index contributed by atoms with van der Waals surface area (Å²) in [4.78, 5) is 13.6. The van der Waals surface area contributed by atoms with E-state index in [9.17, 15) is 4.79 Å². The molecule has 0 bridgehead atoms. The Bertz CT molecular complexity index is 1390. The molecule has 10 atom stereocenters. The van der Waals surface area contributed by atoms with E-state index in [0.29, 0.717) is 29.6 Å². The minimum atomic E-state index is -0.859. The van der Waals surface area contributed by atoms with Crippen LogP contribution in [0.3, 0.4) is 0 Å². The molecule has 4 aliphatic heterocycles. The van der Waals surface area contributed by atoms with Crippen LogP contribution in [0.4, 0.5) is 0 Å². The van der Waals surface area contributed by atoms with Gasteiger partial charge in [-0.05, 0) is 54.8 Å². The Kier molecular flexibility index (Phi) is 7.84. The van der Waals surface area contributed by atoms with Gasteiger partial charge in [-0.2, -0.15) is 0 Å². The first-order chi connectivity index (χ1) is 21.4. The molecule has 0 saturated carbocycles. The number of hydrogen-bond acceptors (Lipinski definition) is 12. The number of hydrogen-bond donors (Lipinski definition) is 0. The van der Waals surface area contributed by atoms with Crippen LogP contribution in [0, 0.1) is 18.8 Å². The van der Waals surface area contributed by atoms with E-state index < -0.39 is 54.9 Å². The van der Waals surface area contributed by atoms with Gasteiger partial charge in [0.15, 0.2) is 24.1 Å². The lowest BCUT2D eigenvalue weighted by Gasteiger charge is -2.49.